The van der Waals surface area contributed by atoms with E-state index < -0.39 is 6.04 Å². The molecule has 0 aliphatic heterocycles. The maximum atomic E-state index is 13.7. The Morgan fingerprint density at radius 1 is 0.944 bits per heavy atom. The van der Waals surface area contributed by atoms with Crippen LogP contribution in [0.5, 0.6) is 5.75 Å². The van der Waals surface area contributed by atoms with Gasteiger partial charge in [-0.15, -0.1) is 0 Å². The largest absolute Gasteiger partial charge is 0.484 e. The smallest absolute Gasteiger partial charge is 0.261 e. The lowest BCUT2D eigenvalue weighted by Gasteiger charge is -2.32. The Bertz CT molecular complexity index is 1160. The predicted molar refractivity (Wildman–Crippen MR) is 145 cm³/mol. The molecule has 0 saturated carbocycles. The van der Waals surface area contributed by atoms with E-state index in [0.717, 1.165) is 22.3 Å². The number of aryl methyl sites for hydroxylation is 2. The molecule has 0 saturated heterocycles. The molecule has 0 bridgehead atoms. The number of halogens is 1. The van der Waals surface area contributed by atoms with E-state index in [4.69, 9.17) is 16.3 Å². The molecular weight excluding hydrogens is 472 g/mol. The van der Waals surface area contributed by atoms with Crippen LogP contribution in [0.1, 0.15) is 36.1 Å². The lowest BCUT2D eigenvalue weighted by molar-refractivity contribution is -0.142. The number of benzene rings is 3. The molecule has 6 heteroatoms. The first kappa shape index (κ1) is 27.3. The summed E-state index contributed by atoms with van der Waals surface area (Å²) >= 11 is 6.13. The highest BCUT2D eigenvalue weighted by Crippen LogP contribution is 2.22. The van der Waals surface area contributed by atoms with Crippen molar-refractivity contribution in [1.29, 1.82) is 0 Å². The third-order valence-electron chi connectivity index (χ3n) is 6.05. The monoisotopic (exact) mass is 506 g/mol. The van der Waals surface area contributed by atoms with Crippen LogP contribution in [-0.4, -0.2) is 35.9 Å². The minimum atomic E-state index is -0.686. The van der Waals surface area contributed by atoms with Gasteiger partial charge in [0.05, 0.1) is 0 Å². The van der Waals surface area contributed by atoms with Crippen molar-refractivity contribution in [2.75, 3.05) is 13.2 Å². The molecule has 3 rings (SSSR count). The van der Waals surface area contributed by atoms with Crippen molar-refractivity contribution < 1.29 is 14.3 Å². The topological polar surface area (TPSA) is 58.6 Å². The van der Waals surface area contributed by atoms with Crippen molar-refractivity contribution in [3.63, 3.8) is 0 Å². The second-order valence-electron chi connectivity index (χ2n) is 9.49. The lowest BCUT2D eigenvalue weighted by atomic mass is 10.0. The van der Waals surface area contributed by atoms with E-state index in [9.17, 15) is 9.59 Å². The number of nitrogens with one attached hydrogen (secondary N) is 1. The van der Waals surface area contributed by atoms with Gasteiger partial charge in [0.15, 0.2) is 6.61 Å². The van der Waals surface area contributed by atoms with Crippen molar-refractivity contribution in [2.24, 2.45) is 5.92 Å². The normalized spacial score (nSPS) is 11.7. The van der Waals surface area contributed by atoms with E-state index in [1.807, 2.05) is 82.3 Å². The molecule has 0 aromatic heterocycles. The minimum absolute atomic E-state index is 0.170. The molecule has 1 unspecified atom stereocenters. The molecule has 5 nitrogen and oxygen atoms in total. The first-order chi connectivity index (χ1) is 17.2. The van der Waals surface area contributed by atoms with Crippen LogP contribution in [0.3, 0.4) is 0 Å². The predicted octanol–water partition coefficient (Wildman–Crippen LogP) is 5.75. The Hall–Kier alpha value is -3.31. The van der Waals surface area contributed by atoms with E-state index in [1.165, 1.54) is 0 Å². The second kappa shape index (κ2) is 13.1. The Balaban J connectivity index is 1.91. The summed E-state index contributed by atoms with van der Waals surface area (Å²) in [7, 11) is 0. The van der Waals surface area contributed by atoms with E-state index >= 15 is 0 Å². The summed E-state index contributed by atoms with van der Waals surface area (Å²) in [6, 6.07) is 22.3. The molecule has 0 aliphatic rings. The average Bonchev–Trinajstić information content (AvgIpc) is 2.86. The van der Waals surface area contributed by atoms with Crippen LogP contribution >= 0.6 is 11.6 Å². The molecule has 0 radical (unpaired) electrons. The zero-order valence-corrected chi connectivity index (χ0v) is 22.2. The number of hydrogen-bond donors (Lipinski definition) is 1. The molecule has 2 amide bonds. The van der Waals surface area contributed by atoms with E-state index in [-0.39, 0.29) is 18.4 Å². The SMILES string of the molecule is Cc1cc(OCC(=O)N(Cc2ccccc2C)C(Cc2ccccc2)C(=O)NCC(C)C)ccc1Cl. The molecule has 3 aromatic rings. The van der Waals surface area contributed by atoms with Crippen molar-refractivity contribution in [2.45, 2.75) is 46.7 Å². The van der Waals surface area contributed by atoms with Crippen LogP contribution in [0, 0.1) is 19.8 Å². The van der Waals surface area contributed by atoms with Gasteiger partial charge < -0.3 is 15.0 Å². The van der Waals surface area contributed by atoms with Crippen molar-refractivity contribution in [3.8, 4) is 5.75 Å². The zero-order valence-electron chi connectivity index (χ0n) is 21.5. The van der Waals surface area contributed by atoms with Gasteiger partial charge in [-0.1, -0.05) is 80.0 Å². The van der Waals surface area contributed by atoms with Crippen LogP contribution in [0.4, 0.5) is 0 Å². The van der Waals surface area contributed by atoms with Gasteiger partial charge in [-0.3, -0.25) is 9.59 Å². The molecule has 0 heterocycles. The Morgan fingerprint density at radius 2 is 1.64 bits per heavy atom. The van der Waals surface area contributed by atoms with E-state index in [1.54, 1.807) is 23.1 Å². The number of carbonyl (C=O) groups is 2. The fraction of sp³-hybridized carbons (Fsp3) is 0.333. The first-order valence-corrected chi connectivity index (χ1v) is 12.7. The summed E-state index contributed by atoms with van der Waals surface area (Å²) in [6.07, 6.45) is 0.405. The number of amides is 2. The Morgan fingerprint density at radius 3 is 2.31 bits per heavy atom. The number of hydrogen-bond acceptors (Lipinski definition) is 3. The number of ether oxygens (including phenoxy) is 1. The summed E-state index contributed by atoms with van der Waals surface area (Å²) in [5.41, 5.74) is 3.90. The molecule has 0 fully saturated rings. The zero-order chi connectivity index (χ0) is 26.1. The summed E-state index contributed by atoms with van der Waals surface area (Å²) in [6.45, 7) is 8.65. The third-order valence-corrected chi connectivity index (χ3v) is 6.47. The quantitative estimate of drug-likeness (QED) is 0.360. The highest BCUT2D eigenvalue weighted by molar-refractivity contribution is 6.31. The number of nitrogens with zero attached hydrogens (tertiary/aromatic N) is 1. The van der Waals surface area contributed by atoms with Crippen LogP contribution < -0.4 is 10.1 Å². The fourth-order valence-electron chi connectivity index (χ4n) is 3.88. The van der Waals surface area contributed by atoms with Crippen molar-refractivity contribution in [3.05, 3.63) is 100 Å². The molecule has 3 aromatic carbocycles. The molecule has 0 spiro atoms. The standard InChI is InChI=1S/C30H35ClN2O3/c1-21(2)18-32-30(35)28(17-24-11-6-5-7-12-24)33(19-25-13-9-8-10-22(25)3)29(34)20-36-26-14-15-27(31)23(4)16-26/h5-16,21,28H,17-20H2,1-4H3,(H,32,35). The van der Waals surface area contributed by atoms with Crippen LogP contribution in [0.2, 0.25) is 5.02 Å². The minimum Gasteiger partial charge on any atom is -0.484 e. The third kappa shape index (κ3) is 7.85. The maximum absolute atomic E-state index is 13.7. The average molecular weight is 507 g/mol. The first-order valence-electron chi connectivity index (χ1n) is 12.3. The summed E-state index contributed by atoms with van der Waals surface area (Å²) in [4.78, 5) is 28.8. The Kier molecular flexibility index (Phi) is 9.95. The van der Waals surface area contributed by atoms with Crippen LogP contribution in [0.25, 0.3) is 0 Å². The van der Waals surface area contributed by atoms with Gasteiger partial charge in [0.2, 0.25) is 5.91 Å². The molecule has 1 atom stereocenters. The van der Waals surface area contributed by atoms with Crippen LogP contribution in [-0.2, 0) is 22.6 Å². The molecule has 1 N–H and O–H groups in total. The van der Waals surface area contributed by atoms with Gasteiger partial charge in [0.1, 0.15) is 11.8 Å². The van der Waals surface area contributed by atoms with E-state index in [2.05, 4.69) is 5.32 Å². The van der Waals surface area contributed by atoms with Gasteiger partial charge in [0, 0.05) is 24.5 Å². The molecular formula is C30H35ClN2O3. The van der Waals surface area contributed by atoms with Gasteiger partial charge >= 0.3 is 0 Å². The highest BCUT2D eigenvalue weighted by Gasteiger charge is 2.31. The highest BCUT2D eigenvalue weighted by atomic mass is 35.5. The Labute approximate surface area is 219 Å². The molecule has 190 valence electrons. The van der Waals surface area contributed by atoms with Crippen LogP contribution in [0.15, 0.2) is 72.8 Å². The van der Waals surface area contributed by atoms with Gasteiger partial charge in [-0.25, -0.2) is 0 Å². The summed E-state index contributed by atoms with van der Waals surface area (Å²) in [5.74, 6) is 0.427. The second-order valence-corrected chi connectivity index (χ2v) is 9.90. The van der Waals surface area contributed by atoms with Gasteiger partial charge in [-0.2, -0.15) is 0 Å². The summed E-state index contributed by atoms with van der Waals surface area (Å²) in [5, 5.41) is 3.68. The molecule has 0 aliphatic carbocycles. The van der Waals surface area contributed by atoms with Gasteiger partial charge in [0.25, 0.3) is 5.91 Å². The van der Waals surface area contributed by atoms with Gasteiger partial charge in [-0.05, 0) is 60.2 Å². The number of rotatable bonds is 11. The van der Waals surface area contributed by atoms with E-state index in [0.29, 0.717) is 36.2 Å². The fourth-order valence-corrected chi connectivity index (χ4v) is 4.00. The molecule has 36 heavy (non-hydrogen) atoms. The summed E-state index contributed by atoms with van der Waals surface area (Å²) < 4.78 is 5.85. The lowest BCUT2D eigenvalue weighted by Crippen LogP contribution is -2.52. The van der Waals surface area contributed by atoms with Crippen molar-refractivity contribution in [1.82, 2.24) is 10.2 Å². The number of carbonyl (C=O) groups excluding carboxylic acids is 2. The maximum Gasteiger partial charge on any atom is 0.261 e. The van der Waals surface area contributed by atoms with Crippen molar-refractivity contribution >= 4 is 23.4 Å².